The highest BCUT2D eigenvalue weighted by Gasteiger charge is 2.46. The minimum absolute atomic E-state index is 0.423. The van der Waals surface area contributed by atoms with E-state index in [9.17, 15) is 9.36 Å². The third-order valence-corrected chi connectivity index (χ3v) is 7.37. The van der Waals surface area contributed by atoms with Gasteiger partial charge in [0.1, 0.15) is 5.75 Å². The van der Waals surface area contributed by atoms with Gasteiger partial charge in [0, 0.05) is 11.3 Å². The zero-order chi connectivity index (χ0) is 19.7. The van der Waals surface area contributed by atoms with Gasteiger partial charge in [0.2, 0.25) is 0 Å². The fourth-order valence-corrected chi connectivity index (χ4v) is 5.83. The number of carbonyl (C=O) groups is 1. The normalized spacial score (nSPS) is 20.1. The van der Waals surface area contributed by atoms with E-state index in [4.69, 9.17) is 4.52 Å². The Morgan fingerprint density at radius 3 is 2.43 bits per heavy atom. The average Bonchev–Trinajstić information content (AvgIpc) is 2.98. The number of para-hydroxylation sites is 1. The monoisotopic (exact) mass is 392 g/mol. The van der Waals surface area contributed by atoms with Gasteiger partial charge in [-0.1, -0.05) is 54.1 Å². The first-order valence-corrected chi connectivity index (χ1v) is 10.8. The predicted octanol–water partition coefficient (Wildman–Crippen LogP) is 5.12. The van der Waals surface area contributed by atoms with Crippen LogP contribution in [0.2, 0.25) is 0 Å². The molecule has 3 aromatic carbocycles. The van der Waals surface area contributed by atoms with E-state index in [-0.39, 0.29) is 0 Å². The van der Waals surface area contributed by atoms with Gasteiger partial charge < -0.3 is 15.2 Å². The Morgan fingerprint density at radius 2 is 1.68 bits per heavy atom. The number of aryl methyl sites for hydroxylation is 2. The van der Waals surface area contributed by atoms with E-state index < -0.39 is 19.2 Å². The van der Waals surface area contributed by atoms with Crippen LogP contribution in [-0.4, -0.2) is 6.03 Å². The number of urea groups is 1. The Hall–Kier alpha value is -3.04. The van der Waals surface area contributed by atoms with Crippen molar-refractivity contribution in [2.24, 2.45) is 0 Å². The first-order valence-electron chi connectivity index (χ1n) is 9.06. The molecule has 5 nitrogen and oxygen atoms in total. The van der Waals surface area contributed by atoms with Crippen molar-refractivity contribution in [3.8, 4) is 5.75 Å². The van der Waals surface area contributed by atoms with E-state index in [1.165, 1.54) is 0 Å². The summed E-state index contributed by atoms with van der Waals surface area (Å²) in [6.45, 7) is 3.94. The van der Waals surface area contributed by atoms with Crippen molar-refractivity contribution in [2.45, 2.75) is 19.6 Å². The highest BCUT2D eigenvalue weighted by atomic mass is 31.2. The first-order chi connectivity index (χ1) is 13.5. The van der Waals surface area contributed by atoms with Crippen LogP contribution in [0.15, 0.2) is 72.8 Å². The minimum Gasteiger partial charge on any atom is -0.438 e. The fourth-order valence-electron chi connectivity index (χ4n) is 3.41. The largest absolute Gasteiger partial charge is 0.438 e. The molecule has 0 radical (unpaired) electrons. The van der Waals surface area contributed by atoms with Gasteiger partial charge in [-0.25, -0.2) is 4.79 Å². The summed E-state index contributed by atoms with van der Waals surface area (Å²) in [6, 6.07) is 21.7. The number of amides is 2. The number of anilines is 1. The van der Waals surface area contributed by atoms with Gasteiger partial charge in [-0.15, -0.1) is 0 Å². The topological polar surface area (TPSA) is 67.4 Å². The van der Waals surface area contributed by atoms with Crippen molar-refractivity contribution in [1.29, 1.82) is 0 Å². The van der Waals surface area contributed by atoms with Gasteiger partial charge in [-0.3, -0.25) is 4.57 Å². The lowest BCUT2D eigenvalue weighted by atomic mass is 10.1. The lowest BCUT2D eigenvalue weighted by molar-refractivity contribution is 0.251. The molecule has 0 aromatic heterocycles. The molecule has 1 aliphatic heterocycles. The molecule has 2 N–H and O–H groups in total. The third-order valence-electron chi connectivity index (χ3n) is 4.80. The Kier molecular flexibility index (Phi) is 4.70. The Morgan fingerprint density at radius 1 is 0.964 bits per heavy atom. The molecule has 0 bridgehead atoms. The molecule has 0 aliphatic carbocycles. The molecule has 0 fully saturated rings. The van der Waals surface area contributed by atoms with Crippen LogP contribution in [0.25, 0.3) is 0 Å². The third kappa shape index (κ3) is 3.30. The molecule has 0 unspecified atom stereocenters. The minimum atomic E-state index is -3.36. The standard InChI is InChI=1S/C22H21N2O3P/c1-15-12-13-19(16(2)14-15)23-22(25)24-21-18-10-6-7-11-20(18)27-28(21,26)17-8-4-3-5-9-17/h3-14,21H,1-2H3,(H2,23,24,25)/t21-,28-/m1/s1. The maximum absolute atomic E-state index is 13.8. The van der Waals surface area contributed by atoms with Crippen LogP contribution in [0, 0.1) is 13.8 Å². The van der Waals surface area contributed by atoms with Crippen LogP contribution in [0.3, 0.4) is 0 Å². The Labute approximate surface area is 164 Å². The first kappa shape index (κ1) is 18.3. The van der Waals surface area contributed by atoms with E-state index in [0.717, 1.165) is 11.1 Å². The van der Waals surface area contributed by atoms with Crippen LogP contribution in [0.5, 0.6) is 5.75 Å². The number of benzene rings is 3. The number of nitrogens with one attached hydrogen (secondary N) is 2. The van der Waals surface area contributed by atoms with Gasteiger partial charge in [0.05, 0.1) is 5.30 Å². The molecule has 1 aliphatic rings. The highest BCUT2D eigenvalue weighted by Crippen LogP contribution is 2.64. The van der Waals surface area contributed by atoms with Gasteiger partial charge >= 0.3 is 13.4 Å². The van der Waals surface area contributed by atoms with Crippen LogP contribution in [-0.2, 0) is 4.57 Å². The van der Waals surface area contributed by atoms with Crippen LogP contribution >= 0.6 is 7.37 Å². The Balaban J connectivity index is 1.65. The lowest BCUT2D eigenvalue weighted by Crippen LogP contribution is -2.33. The number of hydrogen-bond donors (Lipinski definition) is 2. The highest BCUT2D eigenvalue weighted by molar-refractivity contribution is 7.68. The number of fused-ring (bicyclic) bond motifs is 1. The number of carbonyl (C=O) groups excluding carboxylic acids is 1. The summed E-state index contributed by atoms with van der Waals surface area (Å²) in [5, 5.41) is 6.31. The maximum Gasteiger partial charge on any atom is 0.320 e. The zero-order valence-corrected chi connectivity index (χ0v) is 16.6. The van der Waals surface area contributed by atoms with Crippen molar-refractivity contribution >= 4 is 24.4 Å². The fraction of sp³-hybridized carbons (Fsp3) is 0.136. The van der Waals surface area contributed by atoms with E-state index >= 15 is 0 Å². The van der Waals surface area contributed by atoms with Crippen molar-refractivity contribution < 1.29 is 13.9 Å². The Bertz CT molecular complexity index is 1080. The van der Waals surface area contributed by atoms with E-state index in [0.29, 0.717) is 22.3 Å². The molecule has 1 heterocycles. The number of rotatable bonds is 3. The predicted molar refractivity (Wildman–Crippen MR) is 112 cm³/mol. The molecule has 2 atom stereocenters. The summed E-state index contributed by atoms with van der Waals surface area (Å²) in [7, 11) is -3.36. The van der Waals surface area contributed by atoms with E-state index in [1.54, 1.807) is 18.2 Å². The van der Waals surface area contributed by atoms with Crippen LogP contribution in [0.4, 0.5) is 10.5 Å². The summed E-state index contributed by atoms with van der Waals surface area (Å²) in [5.41, 5.74) is 3.51. The zero-order valence-electron chi connectivity index (χ0n) is 15.7. The second-order valence-electron chi connectivity index (χ2n) is 6.88. The van der Waals surface area contributed by atoms with Crippen molar-refractivity contribution in [2.75, 3.05) is 5.32 Å². The molecule has 0 saturated carbocycles. The molecule has 28 heavy (non-hydrogen) atoms. The summed E-state index contributed by atoms with van der Waals surface area (Å²) in [4.78, 5) is 12.7. The molecular weight excluding hydrogens is 371 g/mol. The van der Waals surface area contributed by atoms with Crippen LogP contribution < -0.4 is 20.5 Å². The second kappa shape index (κ2) is 7.17. The molecule has 2 amide bonds. The SMILES string of the molecule is Cc1ccc(NC(=O)N[C@H]2c3ccccc3O[P@]2(=O)c2ccccc2)c(C)c1. The summed E-state index contributed by atoms with van der Waals surface area (Å²) in [6.07, 6.45) is 0. The summed E-state index contributed by atoms with van der Waals surface area (Å²) >= 11 is 0. The average molecular weight is 392 g/mol. The molecule has 4 rings (SSSR count). The van der Waals surface area contributed by atoms with Crippen molar-refractivity contribution in [1.82, 2.24) is 5.32 Å². The van der Waals surface area contributed by atoms with Crippen LogP contribution in [0.1, 0.15) is 22.5 Å². The van der Waals surface area contributed by atoms with Gasteiger partial charge in [-0.05, 0) is 43.7 Å². The molecule has 6 heteroatoms. The van der Waals surface area contributed by atoms with Crippen molar-refractivity contribution in [3.63, 3.8) is 0 Å². The van der Waals surface area contributed by atoms with Gasteiger partial charge in [0.15, 0.2) is 5.78 Å². The molecule has 3 aromatic rings. The molecule has 0 spiro atoms. The van der Waals surface area contributed by atoms with Gasteiger partial charge in [0.25, 0.3) is 0 Å². The quantitative estimate of drug-likeness (QED) is 0.608. The second-order valence-corrected chi connectivity index (χ2v) is 9.29. The van der Waals surface area contributed by atoms with Gasteiger partial charge in [-0.2, -0.15) is 0 Å². The smallest absolute Gasteiger partial charge is 0.320 e. The van der Waals surface area contributed by atoms with Crippen molar-refractivity contribution in [3.05, 3.63) is 89.5 Å². The maximum atomic E-state index is 13.8. The molecule has 0 saturated heterocycles. The summed E-state index contributed by atoms with van der Waals surface area (Å²) < 4.78 is 19.7. The molecule has 142 valence electrons. The van der Waals surface area contributed by atoms with E-state index in [1.807, 2.05) is 68.4 Å². The van der Waals surface area contributed by atoms with E-state index in [2.05, 4.69) is 10.6 Å². The summed E-state index contributed by atoms with van der Waals surface area (Å²) in [5.74, 6) is -0.219. The lowest BCUT2D eigenvalue weighted by Gasteiger charge is -2.21. The number of hydrogen-bond acceptors (Lipinski definition) is 3. The molecular formula is C22H21N2O3P.